The third-order valence-electron chi connectivity index (χ3n) is 4.13. The van der Waals surface area contributed by atoms with Gasteiger partial charge in [0.05, 0.1) is 0 Å². The van der Waals surface area contributed by atoms with E-state index < -0.39 is 17.5 Å². The molecule has 0 aromatic rings. The van der Waals surface area contributed by atoms with Crippen LogP contribution in [-0.4, -0.2) is 56.9 Å². The number of carboxylic acid groups (broad SMARTS) is 2. The predicted molar refractivity (Wildman–Crippen MR) is 82.0 cm³/mol. The lowest BCUT2D eigenvalue weighted by Crippen LogP contribution is -2.64. The lowest BCUT2D eigenvalue weighted by molar-refractivity contribution is -0.159. The van der Waals surface area contributed by atoms with Crippen molar-refractivity contribution in [1.82, 2.24) is 4.90 Å². The van der Waals surface area contributed by atoms with Gasteiger partial charge in [-0.3, -0.25) is 0 Å². The summed E-state index contributed by atoms with van der Waals surface area (Å²) in [6, 6.07) is 0.321. The Hall–Kier alpha value is -1.83. The fraction of sp³-hybridized carbons (Fsp3) is 0.800. The molecule has 1 heterocycles. The highest BCUT2D eigenvalue weighted by atomic mass is 16.6. The van der Waals surface area contributed by atoms with Crippen LogP contribution in [0.1, 0.15) is 52.9 Å². The Morgan fingerprint density at radius 3 is 1.87 bits per heavy atom. The molecule has 1 amide bonds. The van der Waals surface area contributed by atoms with Crippen LogP contribution < -0.4 is 5.73 Å². The summed E-state index contributed by atoms with van der Waals surface area (Å²) in [7, 11) is 0. The maximum Gasteiger partial charge on any atom is 0.414 e. The third-order valence-corrected chi connectivity index (χ3v) is 4.13. The first-order valence-electron chi connectivity index (χ1n) is 7.69. The molecular formula is C15H26N2O6. The van der Waals surface area contributed by atoms with Gasteiger partial charge < -0.3 is 25.6 Å². The quantitative estimate of drug-likeness (QED) is 0.572. The molecule has 2 fully saturated rings. The Balaban J connectivity index is 0.000000379. The Kier molecular flexibility index (Phi) is 5.98. The van der Waals surface area contributed by atoms with E-state index >= 15 is 0 Å². The summed E-state index contributed by atoms with van der Waals surface area (Å²) in [4.78, 5) is 32.2. The topological polar surface area (TPSA) is 130 Å². The van der Waals surface area contributed by atoms with Gasteiger partial charge in [-0.05, 0) is 52.9 Å². The van der Waals surface area contributed by atoms with E-state index in [2.05, 4.69) is 0 Å². The van der Waals surface area contributed by atoms with Crippen LogP contribution >= 0.6 is 0 Å². The molecule has 1 saturated carbocycles. The second-order valence-electron chi connectivity index (χ2n) is 7.05. The van der Waals surface area contributed by atoms with Crippen LogP contribution in [0.3, 0.4) is 0 Å². The lowest BCUT2D eigenvalue weighted by atomic mass is 9.71. The van der Waals surface area contributed by atoms with Crippen molar-refractivity contribution in [2.75, 3.05) is 6.54 Å². The maximum absolute atomic E-state index is 12.1. The average Bonchev–Trinajstić information content (AvgIpc) is 2.36. The SMILES string of the molecule is CC(C)(C)OC(=O)N1CCC12CCC(N)CC2.O=C(O)C(=O)O. The van der Waals surface area contributed by atoms with Crippen LogP contribution in [0.4, 0.5) is 4.79 Å². The van der Waals surface area contributed by atoms with E-state index in [4.69, 9.17) is 30.3 Å². The summed E-state index contributed by atoms with van der Waals surface area (Å²) < 4.78 is 5.45. The summed E-state index contributed by atoms with van der Waals surface area (Å²) >= 11 is 0. The van der Waals surface area contributed by atoms with Crippen LogP contribution in [0, 0.1) is 0 Å². The van der Waals surface area contributed by atoms with Gasteiger partial charge in [0.25, 0.3) is 0 Å². The molecule has 1 aliphatic carbocycles. The highest BCUT2D eigenvalue weighted by molar-refractivity contribution is 6.27. The van der Waals surface area contributed by atoms with E-state index in [1.165, 1.54) is 0 Å². The van der Waals surface area contributed by atoms with Crippen LogP contribution in [0.2, 0.25) is 0 Å². The smallest absolute Gasteiger partial charge is 0.414 e. The number of hydrogen-bond donors (Lipinski definition) is 3. The number of amides is 1. The lowest BCUT2D eigenvalue weighted by Gasteiger charge is -2.55. The van der Waals surface area contributed by atoms with Crippen LogP contribution in [-0.2, 0) is 14.3 Å². The van der Waals surface area contributed by atoms with E-state index in [0.717, 1.165) is 38.6 Å². The number of ether oxygens (including phenoxy) is 1. The second kappa shape index (κ2) is 7.16. The zero-order valence-electron chi connectivity index (χ0n) is 13.9. The average molecular weight is 330 g/mol. The van der Waals surface area contributed by atoms with E-state index in [1.54, 1.807) is 0 Å². The van der Waals surface area contributed by atoms with Crippen LogP contribution in [0.25, 0.3) is 0 Å². The predicted octanol–water partition coefficient (Wildman–Crippen LogP) is 1.42. The number of rotatable bonds is 0. The van der Waals surface area contributed by atoms with Crippen molar-refractivity contribution < 1.29 is 29.3 Å². The van der Waals surface area contributed by atoms with Crippen LogP contribution in [0.5, 0.6) is 0 Å². The minimum atomic E-state index is -1.82. The van der Waals surface area contributed by atoms with Gasteiger partial charge >= 0.3 is 18.0 Å². The number of nitrogens with two attached hydrogens (primary N) is 1. The van der Waals surface area contributed by atoms with E-state index in [0.29, 0.717) is 6.04 Å². The van der Waals surface area contributed by atoms with Gasteiger partial charge in [0.15, 0.2) is 0 Å². The number of aliphatic carboxylic acids is 2. The van der Waals surface area contributed by atoms with Gasteiger partial charge in [0, 0.05) is 18.1 Å². The summed E-state index contributed by atoms with van der Waals surface area (Å²) in [6.45, 7) is 6.57. The molecule has 1 spiro atoms. The maximum atomic E-state index is 12.1. The molecule has 0 radical (unpaired) electrons. The number of carboxylic acids is 2. The molecule has 8 heteroatoms. The summed E-state index contributed by atoms with van der Waals surface area (Å²) in [5.74, 6) is -3.65. The van der Waals surface area contributed by atoms with E-state index in [1.807, 2.05) is 25.7 Å². The van der Waals surface area contributed by atoms with Gasteiger partial charge in [0.1, 0.15) is 5.60 Å². The van der Waals surface area contributed by atoms with Crippen molar-refractivity contribution in [2.45, 2.75) is 70.1 Å². The first-order valence-corrected chi connectivity index (χ1v) is 7.69. The fourth-order valence-electron chi connectivity index (χ4n) is 2.84. The number of carbonyl (C=O) groups excluding carboxylic acids is 1. The summed E-state index contributed by atoms with van der Waals surface area (Å²) in [5.41, 5.74) is 5.59. The Bertz CT molecular complexity index is 451. The van der Waals surface area contributed by atoms with E-state index in [9.17, 15) is 4.79 Å². The molecule has 1 saturated heterocycles. The van der Waals surface area contributed by atoms with Crippen molar-refractivity contribution >= 4 is 18.0 Å². The van der Waals surface area contributed by atoms with Gasteiger partial charge in [0.2, 0.25) is 0 Å². The molecule has 132 valence electrons. The second-order valence-corrected chi connectivity index (χ2v) is 7.05. The molecule has 23 heavy (non-hydrogen) atoms. The molecule has 2 aliphatic rings. The largest absolute Gasteiger partial charge is 0.473 e. The standard InChI is InChI=1S/C13H24N2O2.C2H2O4/c1-12(2,3)17-11(16)15-9-8-13(15)6-4-10(14)5-7-13;3-1(4)2(5)6/h10H,4-9,14H2,1-3H3;(H,3,4)(H,5,6). The number of nitrogens with zero attached hydrogens (tertiary/aromatic N) is 1. The first-order chi connectivity index (χ1) is 10.5. The summed E-state index contributed by atoms with van der Waals surface area (Å²) in [5, 5.41) is 14.8. The van der Waals surface area contributed by atoms with Gasteiger partial charge in [-0.25, -0.2) is 14.4 Å². The van der Waals surface area contributed by atoms with Crippen molar-refractivity contribution in [2.24, 2.45) is 5.73 Å². The number of hydrogen-bond acceptors (Lipinski definition) is 5. The fourth-order valence-corrected chi connectivity index (χ4v) is 2.84. The zero-order valence-corrected chi connectivity index (χ0v) is 13.9. The zero-order chi connectivity index (χ0) is 17.8. The van der Waals surface area contributed by atoms with Gasteiger partial charge in [-0.1, -0.05) is 0 Å². The van der Waals surface area contributed by atoms with Crippen molar-refractivity contribution in [3.8, 4) is 0 Å². The molecular weight excluding hydrogens is 304 g/mol. The normalized spacial score (nSPS) is 26.6. The molecule has 0 aromatic carbocycles. The molecule has 0 unspecified atom stereocenters. The molecule has 4 N–H and O–H groups in total. The molecule has 0 atom stereocenters. The third kappa shape index (κ3) is 5.38. The Morgan fingerprint density at radius 1 is 1.09 bits per heavy atom. The first kappa shape index (κ1) is 19.2. The highest BCUT2D eigenvalue weighted by Gasteiger charge is 2.49. The van der Waals surface area contributed by atoms with Crippen molar-refractivity contribution in [1.29, 1.82) is 0 Å². The molecule has 0 aromatic heterocycles. The molecule has 0 bridgehead atoms. The van der Waals surface area contributed by atoms with Crippen LogP contribution in [0.15, 0.2) is 0 Å². The number of likely N-dealkylation sites (tertiary alicyclic amines) is 1. The minimum absolute atomic E-state index is 0.0677. The monoisotopic (exact) mass is 330 g/mol. The van der Waals surface area contributed by atoms with Gasteiger partial charge in [-0.2, -0.15) is 0 Å². The van der Waals surface area contributed by atoms with Crippen molar-refractivity contribution in [3.63, 3.8) is 0 Å². The van der Waals surface area contributed by atoms with Crippen molar-refractivity contribution in [3.05, 3.63) is 0 Å². The van der Waals surface area contributed by atoms with Gasteiger partial charge in [-0.15, -0.1) is 0 Å². The summed E-state index contributed by atoms with van der Waals surface area (Å²) in [6.07, 6.45) is 5.08. The molecule has 8 nitrogen and oxygen atoms in total. The molecule has 2 rings (SSSR count). The van der Waals surface area contributed by atoms with E-state index in [-0.39, 0.29) is 11.6 Å². The highest BCUT2D eigenvalue weighted by Crippen LogP contribution is 2.43. The Morgan fingerprint density at radius 2 is 1.57 bits per heavy atom. The Labute approximate surface area is 135 Å². The minimum Gasteiger partial charge on any atom is -0.473 e. The number of carbonyl (C=O) groups is 3. The molecule has 1 aliphatic heterocycles.